The molecule has 180 valence electrons. The molecule has 0 amide bonds. The van der Waals surface area contributed by atoms with E-state index >= 15 is 0 Å². The quantitative estimate of drug-likeness (QED) is 0.500. The fraction of sp³-hybridized carbons (Fsp3) is 0.160. The highest BCUT2D eigenvalue weighted by Crippen LogP contribution is 2.40. The van der Waals surface area contributed by atoms with E-state index in [0.29, 0.717) is 26.4 Å². The second-order valence-corrected chi connectivity index (χ2v) is 9.47. The highest BCUT2D eigenvalue weighted by molar-refractivity contribution is 8.10. The van der Waals surface area contributed by atoms with E-state index in [1.165, 1.54) is 7.11 Å². The molecule has 10 heteroatoms. The van der Waals surface area contributed by atoms with Crippen molar-refractivity contribution in [3.8, 4) is 0 Å². The second-order valence-electron chi connectivity index (χ2n) is 7.48. The van der Waals surface area contributed by atoms with Crippen molar-refractivity contribution in [2.75, 3.05) is 19.5 Å². The maximum Gasteiger partial charge on any atom is 0.357 e. The summed E-state index contributed by atoms with van der Waals surface area (Å²) in [4.78, 5) is 39.8. The van der Waals surface area contributed by atoms with Crippen molar-refractivity contribution in [2.24, 2.45) is 0 Å². The maximum atomic E-state index is 13.8. The smallest absolute Gasteiger partial charge is 0.357 e. The summed E-state index contributed by atoms with van der Waals surface area (Å²) in [6, 6.07) is 13.6. The zero-order valence-electron chi connectivity index (χ0n) is 18.7. The SMILES string of the molecule is CCOC(=O)C1=c2/c(=C/c3ccc(Cl)cc3)c(N)c(C(=O)OC)n2C(=O)[C@@H](c2ccc(Cl)cc2)S1. The third kappa shape index (κ3) is 4.69. The number of benzene rings is 2. The molecule has 1 aromatic heterocycles. The molecule has 3 aromatic rings. The molecule has 0 fully saturated rings. The Balaban J connectivity index is 2.09. The Morgan fingerprint density at radius 3 is 2.23 bits per heavy atom. The molecule has 0 saturated heterocycles. The number of rotatable bonds is 5. The molecule has 1 aliphatic heterocycles. The van der Waals surface area contributed by atoms with Gasteiger partial charge in [-0.25, -0.2) is 9.59 Å². The van der Waals surface area contributed by atoms with Crippen molar-refractivity contribution < 1.29 is 23.9 Å². The summed E-state index contributed by atoms with van der Waals surface area (Å²) in [5, 5.41) is 0.692. The van der Waals surface area contributed by atoms with Crippen molar-refractivity contribution in [3.05, 3.63) is 86.0 Å². The van der Waals surface area contributed by atoms with E-state index in [1.54, 1.807) is 61.5 Å². The number of fused-ring (bicyclic) bond motifs is 1. The average molecular weight is 531 g/mol. The molecular formula is C25H20Cl2N2O5S. The van der Waals surface area contributed by atoms with Gasteiger partial charge in [0.25, 0.3) is 0 Å². The van der Waals surface area contributed by atoms with Gasteiger partial charge in [0.2, 0.25) is 5.91 Å². The number of nitrogen functional groups attached to an aromatic ring is 1. The lowest BCUT2D eigenvalue weighted by molar-refractivity contribution is -0.135. The Labute approximate surface area is 215 Å². The minimum absolute atomic E-state index is 0.00862. The van der Waals surface area contributed by atoms with Crippen LogP contribution in [0.2, 0.25) is 10.0 Å². The number of carbonyl (C=O) groups is 3. The molecule has 7 nitrogen and oxygen atoms in total. The van der Waals surface area contributed by atoms with E-state index < -0.39 is 23.1 Å². The molecule has 0 spiro atoms. The number of anilines is 1. The standard InChI is InChI=1S/C25H20Cl2N2O5S/c1-3-34-25(32)22-19-17(12-13-4-8-15(26)9-5-13)18(28)20(24(31)33-2)29(19)23(30)21(35-22)14-6-10-16(27)11-7-14/h4-12,21H,3,28H2,1-2H3/b17-12+/t21-/m1/s1. The van der Waals surface area contributed by atoms with Gasteiger partial charge in [-0.15, -0.1) is 0 Å². The number of thioether (sulfide) groups is 1. The Bertz CT molecular complexity index is 1450. The second kappa shape index (κ2) is 10.2. The zero-order valence-corrected chi connectivity index (χ0v) is 21.0. The molecule has 2 aromatic carbocycles. The summed E-state index contributed by atoms with van der Waals surface area (Å²) in [5.74, 6) is -1.90. The fourth-order valence-corrected chi connectivity index (χ4v) is 5.21. The lowest BCUT2D eigenvalue weighted by Gasteiger charge is -2.23. The first-order valence-corrected chi connectivity index (χ1v) is 12.1. The van der Waals surface area contributed by atoms with Gasteiger partial charge >= 0.3 is 11.9 Å². The minimum atomic E-state index is -0.849. The highest BCUT2D eigenvalue weighted by Gasteiger charge is 2.38. The summed E-state index contributed by atoms with van der Waals surface area (Å²) in [5.41, 5.74) is 7.57. The molecule has 0 radical (unpaired) electrons. The fourth-order valence-electron chi connectivity index (χ4n) is 3.75. The topological polar surface area (TPSA) is 101 Å². The number of ether oxygens (including phenoxy) is 2. The lowest BCUT2D eigenvalue weighted by atomic mass is 10.1. The summed E-state index contributed by atoms with van der Waals surface area (Å²) in [7, 11) is 1.19. The number of nitrogens with two attached hydrogens (primary N) is 1. The molecule has 1 aliphatic rings. The van der Waals surface area contributed by atoms with Crippen molar-refractivity contribution >= 4 is 69.5 Å². The van der Waals surface area contributed by atoms with Crippen LogP contribution in [0.15, 0.2) is 48.5 Å². The third-order valence-corrected chi connectivity index (χ3v) is 7.15. The van der Waals surface area contributed by atoms with Gasteiger partial charge in [-0.05, 0) is 48.4 Å². The number of carbonyl (C=O) groups excluding carboxylic acids is 3. The summed E-state index contributed by atoms with van der Waals surface area (Å²) in [6.07, 6.45) is 1.68. The molecule has 35 heavy (non-hydrogen) atoms. The first-order chi connectivity index (χ1) is 16.8. The van der Waals surface area contributed by atoms with Crippen LogP contribution in [0.25, 0.3) is 11.0 Å². The van der Waals surface area contributed by atoms with Crippen molar-refractivity contribution in [1.29, 1.82) is 0 Å². The van der Waals surface area contributed by atoms with Crippen LogP contribution in [0.5, 0.6) is 0 Å². The number of methoxy groups -OCH3 is 1. The maximum absolute atomic E-state index is 13.8. The molecule has 2 heterocycles. The first kappa shape index (κ1) is 24.9. The summed E-state index contributed by atoms with van der Waals surface area (Å²) < 4.78 is 11.4. The molecule has 0 bridgehead atoms. The summed E-state index contributed by atoms with van der Waals surface area (Å²) in [6.45, 7) is 1.81. The molecule has 4 rings (SSSR count). The van der Waals surface area contributed by atoms with E-state index in [9.17, 15) is 14.4 Å². The molecule has 0 aliphatic carbocycles. The third-order valence-electron chi connectivity index (χ3n) is 5.34. The van der Waals surface area contributed by atoms with Gasteiger partial charge < -0.3 is 15.2 Å². The highest BCUT2D eigenvalue weighted by atomic mass is 35.5. The van der Waals surface area contributed by atoms with Gasteiger partial charge in [0.1, 0.15) is 10.2 Å². The van der Waals surface area contributed by atoms with E-state index in [-0.39, 0.29) is 28.2 Å². The zero-order chi connectivity index (χ0) is 25.3. The van der Waals surface area contributed by atoms with Crippen LogP contribution in [0, 0.1) is 0 Å². The monoisotopic (exact) mass is 530 g/mol. The average Bonchev–Trinajstić information content (AvgIpc) is 3.13. The van der Waals surface area contributed by atoms with Gasteiger partial charge in [-0.1, -0.05) is 59.2 Å². The van der Waals surface area contributed by atoms with Gasteiger partial charge in [-0.3, -0.25) is 9.36 Å². The van der Waals surface area contributed by atoms with E-state index in [1.807, 2.05) is 0 Å². The van der Waals surface area contributed by atoms with Crippen LogP contribution in [-0.4, -0.2) is 36.1 Å². The molecule has 2 N–H and O–H groups in total. The van der Waals surface area contributed by atoms with Crippen LogP contribution >= 0.6 is 35.0 Å². The van der Waals surface area contributed by atoms with Crippen molar-refractivity contribution in [1.82, 2.24) is 4.57 Å². The summed E-state index contributed by atoms with van der Waals surface area (Å²) >= 11 is 13.1. The first-order valence-electron chi connectivity index (χ1n) is 10.5. The van der Waals surface area contributed by atoms with Crippen LogP contribution in [-0.2, 0) is 14.3 Å². The predicted octanol–water partition coefficient (Wildman–Crippen LogP) is 3.79. The Morgan fingerprint density at radius 1 is 1.06 bits per heavy atom. The van der Waals surface area contributed by atoms with E-state index in [4.69, 9.17) is 38.4 Å². The van der Waals surface area contributed by atoms with E-state index in [0.717, 1.165) is 16.3 Å². The number of nitrogens with zero attached hydrogens (tertiary/aromatic N) is 1. The number of hydrogen-bond donors (Lipinski definition) is 1. The molecule has 0 saturated carbocycles. The van der Waals surface area contributed by atoms with Crippen LogP contribution in [0.3, 0.4) is 0 Å². The lowest BCUT2D eigenvalue weighted by Crippen LogP contribution is -2.42. The van der Waals surface area contributed by atoms with Crippen molar-refractivity contribution in [2.45, 2.75) is 12.2 Å². The number of esters is 2. The Morgan fingerprint density at radius 2 is 1.66 bits per heavy atom. The van der Waals surface area contributed by atoms with Gasteiger partial charge in [0.05, 0.1) is 24.8 Å². The van der Waals surface area contributed by atoms with Crippen LogP contribution < -0.4 is 16.3 Å². The minimum Gasteiger partial charge on any atom is -0.464 e. The largest absolute Gasteiger partial charge is 0.464 e. The normalized spacial score (nSPS) is 15.7. The van der Waals surface area contributed by atoms with Crippen molar-refractivity contribution in [3.63, 3.8) is 0 Å². The van der Waals surface area contributed by atoms with Gasteiger partial charge in [0.15, 0.2) is 5.69 Å². The van der Waals surface area contributed by atoms with E-state index in [2.05, 4.69) is 0 Å². The van der Waals surface area contributed by atoms with Crippen LogP contribution in [0.4, 0.5) is 5.69 Å². The number of hydrogen-bond acceptors (Lipinski definition) is 7. The molecule has 1 atom stereocenters. The Kier molecular flexibility index (Phi) is 7.25. The number of halogens is 2. The predicted molar refractivity (Wildman–Crippen MR) is 137 cm³/mol. The van der Waals surface area contributed by atoms with Gasteiger partial charge in [0, 0.05) is 15.3 Å². The van der Waals surface area contributed by atoms with Gasteiger partial charge in [-0.2, -0.15) is 0 Å². The van der Waals surface area contributed by atoms with Crippen LogP contribution in [0.1, 0.15) is 38.6 Å². The Hall–Kier alpha value is -3.20. The number of aromatic nitrogens is 1. The molecular weight excluding hydrogens is 511 g/mol. The molecule has 0 unspecified atom stereocenters.